The summed E-state index contributed by atoms with van der Waals surface area (Å²) < 4.78 is 16.2. The first-order chi connectivity index (χ1) is 13.8. The van der Waals surface area contributed by atoms with Crippen LogP contribution in [0.4, 0.5) is 10.5 Å². The highest BCUT2D eigenvalue weighted by Gasteiger charge is 2.37. The molecule has 0 fully saturated rings. The summed E-state index contributed by atoms with van der Waals surface area (Å²) in [6, 6.07) is 12.4. The van der Waals surface area contributed by atoms with Gasteiger partial charge in [-0.1, -0.05) is 24.3 Å². The number of nitrogens with zero attached hydrogens (tertiary/aromatic N) is 1. The summed E-state index contributed by atoms with van der Waals surface area (Å²) in [7, 11) is 0. The molecule has 0 unspecified atom stereocenters. The maximum Gasteiger partial charge on any atom is 0.411 e. The zero-order valence-corrected chi connectivity index (χ0v) is 16.7. The van der Waals surface area contributed by atoms with Crippen LogP contribution in [0.2, 0.25) is 0 Å². The summed E-state index contributed by atoms with van der Waals surface area (Å²) in [6.07, 6.45) is -0.0796. The largest absolute Gasteiger partial charge is 0.454 e. The first kappa shape index (κ1) is 19.1. The van der Waals surface area contributed by atoms with Crippen molar-refractivity contribution in [3.05, 3.63) is 53.6 Å². The minimum atomic E-state index is -0.676. The maximum absolute atomic E-state index is 13.1. The van der Waals surface area contributed by atoms with Crippen LogP contribution in [-0.4, -0.2) is 35.3 Å². The summed E-state index contributed by atoms with van der Waals surface area (Å²) in [5.41, 5.74) is 2.01. The minimum absolute atomic E-state index is 0.165. The van der Waals surface area contributed by atoms with Crippen LogP contribution in [-0.2, 0) is 22.5 Å². The van der Waals surface area contributed by atoms with Crippen molar-refractivity contribution in [1.82, 2.24) is 4.90 Å². The van der Waals surface area contributed by atoms with Crippen LogP contribution >= 0.6 is 0 Å². The standard InChI is InChI=1S/C22H24N2O5/c1-22(2,3)29-21(26)24-12-15-7-5-4-6-14(15)10-17(24)20(25)23-16-8-9-18-19(11-16)28-13-27-18/h4-9,11,17H,10,12-13H2,1-3H3,(H,23,25)/t17-/m0/s1. The molecular weight excluding hydrogens is 372 g/mol. The van der Waals surface area contributed by atoms with E-state index in [2.05, 4.69) is 5.32 Å². The zero-order valence-electron chi connectivity index (χ0n) is 16.7. The van der Waals surface area contributed by atoms with Gasteiger partial charge in [0.05, 0.1) is 6.54 Å². The normalized spacial score (nSPS) is 17.5. The van der Waals surface area contributed by atoms with Gasteiger partial charge in [-0.3, -0.25) is 9.69 Å². The van der Waals surface area contributed by atoms with Crippen molar-refractivity contribution in [1.29, 1.82) is 0 Å². The fraction of sp³-hybridized carbons (Fsp3) is 0.364. The molecule has 152 valence electrons. The molecular formula is C22H24N2O5. The molecule has 1 N–H and O–H groups in total. The minimum Gasteiger partial charge on any atom is -0.454 e. The molecule has 4 rings (SSSR count). The maximum atomic E-state index is 13.1. The van der Waals surface area contributed by atoms with Gasteiger partial charge in [0.15, 0.2) is 11.5 Å². The van der Waals surface area contributed by atoms with E-state index in [4.69, 9.17) is 14.2 Å². The Morgan fingerprint density at radius 1 is 1.07 bits per heavy atom. The van der Waals surface area contributed by atoms with Crippen molar-refractivity contribution < 1.29 is 23.8 Å². The predicted molar refractivity (Wildman–Crippen MR) is 107 cm³/mol. The van der Waals surface area contributed by atoms with Gasteiger partial charge in [0.1, 0.15) is 11.6 Å². The van der Waals surface area contributed by atoms with E-state index < -0.39 is 17.7 Å². The molecule has 0 bridgehead atoms. The lowest BCUT2D eigenvalue weighted by molar-refractivity contribution is -0.121. The van der Waals surface area contributed by atoms with Crippen LogP contribution in [0.1, 0.15) is 31.9 Å². The topological polar surface area (TPSA) is 77.1 Å². The summed E-state index contributed by atoms with van der Waals surface area (Å²) in [5.74, 6) is 0.954. The zero-order chi connectivity index (χ0) is 20.6. The second kappa shape index (κ2) is 7.31. The molecule has 2 aromatic rings. The molecule has 2 aromatic carbocycles. The Morgan fingerprint density at radius 3 is 2.55 bits per heavy atom. The lowest BCUT2D eigenvalue weighted by Gasteiger charge is -2.36. The molecule has 0 saturated heterocycles. The van der Waals surface area contributed by atoms with E-state index in [-0.39, 0.29) is 12.7 Å². The molecule has 0 saturated carbocycles. The van der Waals surface area contributed by atoms with Crippen LogP contribution in [0.15, 0.2) is 42.5 Å². The highest BCUT2D eigenvalue weighted by molar-refractivity contribution is 5.97. The Labute approximate surface area is 169 Å². The van der Waals surface area contributed by atoms with Gasteiger partial charge >= 0.3 is 6.09 Å². The quantitative estimate of drug-likeness (QED) is 0.837. The molecule has 1 atom stereocenters. The van der Waals surface area contributed by atoms with Crippen molar-refractivity contribution in [2.45, 2.75) is 45.4 Å². The molecule has 0 radical (unpaired) electrons. The number of rotatable bonds is 2. The predicted octanol–water partition coefficient (Wildman–Crippen LogP) is 3.72. The fourth-order valence-electron chi connectivity index (χ4n) is 3.47. The third-order valence-electron chi connectivity index (χ3n) is 4.82. The number of benzene rings is 2. The first-order valence-corrected chi connectivity index (χ1v) is 9.57. The number of ether oxygens (including phenoxy) is 3. The molecule has 0 aliphatic carbocycles. The van der Waals surface area contributed by atoms with E-state index in [9.17, 15) is 9.59 Å². The van der Waals surface area contributed by atoms with Gasteiger partial charge < -0.3 is 19.5 Å². The fourth-order valence-corrected chi connectivity index (χ4v) is 3.47. The third-order valence-corrected chi connectivity index (χ3v) is 4.82. The number of carbonyl (C=O) groups excluding carboxylic acids is 2. The van der Waals surface area contributed by atoms with Gasteiger partial charge in [-0.15, -0.1) is 0 Å². The lowest BCUT2D eigenvalue weighted by Crippen LogP contribution is -2.52. The van der Waals surface area contributed by atoms with E-state index in [1.807, 2.05) is 45.0 Å². The number of amides is 2. The van der Waals surface area contributed by atoms with Crippen molar-refractivity contribution in [2.24, 2.45) is 0 Å². The van der Waals surface area contributed by atoms with E-state index >= 15 is 0 Å². The SMILES string of the molecule is CC(C)(C)OC(=O)N1Cc2ccccc2C[C@H]1C(=O)Nc1ccc2c(c1)OCO2. The number of anilines is 1. The van der Waals surface area contributed by atoms with Gasteiger partial charge in [-0.2, -0.15) is 0 Å². The van der Waals surface area contributed by atoms with Crippen LogP contribution in [0.5, 0.6) is 11.5 Å². The van der Waals surface area contributed by atoms with Crippen LogP contribution < -0.4 is 14.8 Å². The summed E-state index contributed by atoms with van der Waals surface area (Å²) >= 11 is 0. The van der Waals surface area contributed by atoms with Crippen molar-refractivity contribution in [2.75, 3.05) is 12.1 Å². The second-order valence-corrected chi connectivity index (χ2v) is 8.15. The van der Waals surface area contributed by atoms with Crippen LogP contribution in [0, 0.1) is 0 Å². The smallest absolute Gasteiger partial charge is 0.411 e. The molecule has 7 nitrogen and oxygen atoms in total. The molecule has 2 amide bonds. The van der Waals surface area contributed by atoms with Gasteiger partial charge in [-0.05, 0) is 44.0 Å². The highest BCUT2D eigenvalue weighted by atomic mass is 16.7. The van der Waals surface area contributed by atoms with Crippen molar-refractivity contribution >= 4 is 17.7 Å². The number of carbonyl (C=O) groups is 2. The monoisotopic (exact) mass is 396 g/mol. The molecule has 0 aromatic heterocycles. The number of nitrogens with one attached hydrogen (secondary N) is 1. The summed E-state index contributed by atoms with van der Waals surface area (Å²) in [6.45, 7) is 5.92. The molecule has 29 heavy (non-hydrogen) atoms. The van der Waals surface area contributed by atoms with Crippen molar-refractivity contribution in [3.63, 3.8) is 0 Å². The Morgan fingerprint density at radius 2 is 1.79 bits per heavy atom. The Balaban J connectivity index is 1.57. The lowest BCUT2D eigenvalue weighted by atomic mass is 9.93. The first-order valence-electron chi connectivity index (χ1n) is 9.57. The molecule has 0 spiro atoms. The van der Waals surface area contributed by atoms with E-state index in [1.54, 1.807) is 18.2 Å². The molecule has 2 aliphatic rings. The van der Waals surface area contributed by atoms with Gasteiger partial charge in [0.25, 0.3) is 0 Å². The van der Waals surface area contributed by atoms with E-state index in [0.717, 1.165) is 11.1 Å². The summed E-state index contributed by atoms with van der Waals surface area (Å²) in [5, 5.41) is 2.90. The van der Waals surface area contributed by atoms with Crippen LogP contribution in [0.3, 0.4) is 0 Å². The number of hydrogen-bond acceptors (Lipinski definition) is 5. The Hall–Kier alpha value is -3.22. The van der Waals surface area contributed by atoms with E-state index in [0.29, 0.717) is 30.2 Å². The van der Waals surface area contributed by atoms with Crippen molar-refractivity contribution in [3.8, 4) is 11.5 Å². The average Bonchev–Trinajstić information content (AvgIpc) is 3.13. The molecule has 2 heterocycles. The Kier molecular flexibility index (Phi) is 4.82. The molecule has 7 heteroatoms. The molecule has 2 aliphatic heterocycles. The second-order valence-electron chi connectivity index (χ2n) is 8.15. The summed E-state index contributed by atoms with van der Waals surface area (Å²) in [4.78, 5) is 27.5. The van der Waals surface area contributed by atoms with Gasteiger partial charge in [0.2, 0.25) is 12.7 Å². The number of fused-ring (bicyclic) bond motifs is 2. The highest BCUT2D eigenvalue weighted by Crippen LogP contribution is 2.34. The van der Waals surface area contributed by atoms with Gasteiger partial charge in [0, 0.05) is 18.2 Å². The average molecular weight is 396 g/mol. The third kappa shape index (κ3) is 4.13. The number of hydrogen-bond donors (Lipinski definition) is 1. The van der Waals surface area contributed by atoms with E-state index in [1.165, 1.54) is 4.90 Å². The van der Waals surface area contributed by atoms with Gasteiger partial charge in [-0.25, -0.2) is 4.79 Å². The van der Waals surface area contributed by atoms with Crippen LogP contribution in [0.25, 0.3) is 0 Å². The Bertz CT molecular complexity index is 950.